The number of hydrogen-bond donors (Lipinski definition) is 1. The Morgan fingerprint density at radius 1 is 1.18 bits per heavy atom. The number of aryl methyl sites for hydroxylation is 3. The number of hydrogen-bond acceptors (Lipinski definition) is 5. The minimum absolute atomic E-state index is 0.102. The van der Waals surface area contributed by atoms with Crippen LogP contribution in [0.15, 0.2) is 29.8 Å². The summed E-state index contributed by atoms with van der Waals surface area (Å²) in [5, 5.41) is 15.0. The average Bonchev–Trinajstić information content (AvgIpc) is 3.35. The van der Waals surface area contributed by atoms with Gasteiger partial charge in [-0.1, -0.05) is 6.07 Å². The van der Waals surface area contributed by atoms with Crippen molar-refractivity contribution >= 4 is 28.3 Å². The maximum absolute atomic E-state index is 12.6. The summed E-state index contributed by atoms with van der Waals surface area (Å²) in [5.41, 5.74) is 5.75. The van der Waals surface area contributed by atoms with E-state index in [1.807, 2.05) is 44.6 Å². The topological polar surface area (TPSA) is 77.6 Å². The van der Waals surface area contributed by atoms with Crippen LogP contribution in [0.4, 0.5) is 0 Å². The summed E-state index contributed by atoms with van der Waals surface area (Å²) in [4.78, 5) is 18.2. The smallest absolute Gasteiger partial charge is 0.242 e. The third kappa shape index (κ3) is 3.20. The van der Waals surface area contributed by atoms with E-state index in [1.54, 1.807) is 22.2 Å². The number of nitrogens with one attached hydrogen (secondary N) is 1. The van der Waals surface area contributed by atoms with Crippen LogP contribution in [0, 0.1) is 20.8 Å². The number of carbonyl (C=O) groups excluding carboxylic acids is 1. The predicted octanol–water partition coefficient (Wildman–Crippen LogP) is 3.13. The van der Waals surface area contributed by atoms with E-state index in [4.69, 9.17) is 0 Å². The van der Waals surface area contributed by atoms with Gasteiger partial charge >= 0.3 is 0 Å². The molecule has 4 heterocycles. The Hall–Kier alpha value is -3.00. The van der Waals surface area contributed by atoms with Gasteiger partial charge in [-0.05, 0) is 38.3 Å². The zero-order valence-electron chi connectivity index (χ0n) is 16.4. The Morgan fingerprint density at radius 3 is 2.68 bits per heavy atom. The van der Waals surface area contributed by atoms with Crippen LogP contribution in [-0.2, 0) is 24.9 Å². The van der Waals surface area contributed by atoms with Crippen LogP contribution in [0.1, 0.15) is 22.6 Å². The number of carbonyl (C=O) groups is 1. The molecule has 0 saturated heterocycles. The van der Waals surface area contributed by atoms with E-state index in [0.717, 1.165) is 39.2 Å². The zero-order valence-corrected chi connectivity index (χ0v) is 17.2. The van der Waals surface area contributed by atoms with E-state index in [2.05, 4.69) is 31.9 Å². The molecule has 0 aliphatic carbocycles. The molecule has 7 nitrogen and oxygen atoms in total. The maximum atomic E-state index is 12.6. The molecule has 28 heavy (non-hydrogen) atoms. The molecule has 4 aromatic heterocycles. The van der Waals surface area contributed by atoms with Crippen molar-refractivity contribution in [2.45, 2.75) is 33.9 Å². The molecule has 0 saturated carbocycles. The van der Waals surface area contributed by atoms with Crippen molar-refractivity contribution in [1.82, 2.24) is 29.9 Å². The number of fused-ring (bicyclic) bond motifs is 1. The largest absolute Gasteiger partial charge is 0.350 e. The Kier molecular flexibility index (Phi) is 4.72. The van der Waals surface area contributed by atoms with Crippen LogP contribution >= 0.6 is 11.3 Å². The third-order valence-corrected chi connectivity index (χ3v) is 5.91. The van der Waals surface area contributed by atoms with Gasteiger partial charge < -0.3 is 5.32 Å². The quantitative estimate of drug-likeness (QED) is 0.564. The van der Waals surface area contributed by atoms with E-state index in [1.165, 1.54) is 4.88 Å². The fraction of sp³-hybridized carbons (Fsp3) is 0.300. The second-order valence-corrected chi connectivity index (χ2v) is 7.77. The highest BCUT2D eigenvalue weighted by Gasteiger charge is 2.17. The van der Waals surface area contributed by atoms with Crippen molar-refractivity contribution in [3.8, 4) is 10.4 Å². The van der Waals surface area contributed by atoms with Crippen LogP contribution in [0.3, 0.4) is 0 Å². The first-order valence-corrected chi connectivity index (χ1v) is 9.95. The van der Waals surface area contributed by atoms with E-state index >= 15 is 0 Å². The minimum atomic E-state index is -0.102. The molecule has 0 radical (unpaired) electrons. The summed E-state index contributed by atoms with van der Waals surface area (Å²) >= 11 is 1.68. The van der Waals surface area contributed by atoms with Crippen molar-refractivity contribution in [3.63, 3.8) is 0 Å². The average molecular weight is 395 g/mol. The normalized spacial score (nSPS) is 11.3. The Morgan fingerprint density at radius 2 is 2.00 bits per heavy atom. The molecular formula is C20H22N6OS. The lowest BCUT2D eigenvalue weighted by Gasteiger charge is -2.07. The molecule has 144 valence electrons. The van der Waals surface area contributed by atoms with Crippen LogP contribution < -0.4 is 5.32 Å². The number of thiophene rings is 1. The molecule has 0 fully saturated rings. The monoisotopic (exact) mass is 394 g/mol. The predicted molar refractivity (Wildman–Crippen MR) is 110 cm³/mol. The first-order chi connectivity index (χ1) is 13.5. The molecule has 0 bridgehead atoms. The van der Waals surface area contributed by atoms with Gasteiger partial charge in [0.15, 0.2) is 5.65 Å². The number of aromatic nitrogens is 5. The first kappa shape index (κ1) is 18.4. The van der Waals surface area contributed by atoms with Gasteiger partial charge in [-0.2, -0.15) is 10.2 Å². The van der Waals surface area contributed by atoms with Gasteiger partial charge in [0.25, 0.3) is 0 Å². The summed E-state index contributed by atoms with van der Waals surface area (Å²) in [7, 11) is 1.91. The SMILES string of the molecule is Cc1nn(C)c(C)c1CNC(=O)Cn1nc(C)c2c(-c3cccs3)ccnc21. The fourth-order valence-corrected chi connectivity index (χ4v) is 4.24. The summed E-state index contributed by atoms with van der Waals surface area (Å²) in [6.07, 6.45) is 1.77. The summed E-state index contributed by atoms with van der Waals surface area (Å²) in [5.74, 6) is -0.102. The van der Waals surface area contributed by atoms with Gasteiger partial charge in [0.2, 0.25) is 5.91 Å². The first-order valence-electron chi connectivity index (χ1n) is 9.07. The minimum Gasteiger partial charge on any atom is -0.350 e. The van der Waals surface area contributed by atoms with Gasteiger partial charge in [0.05, 0.1) is 16.8 Å². The molecule has 0 aliphatic heterocycles. The van der Waals surface area contributed by atoms with Crippen LogP contribution in [0.5, 0.6) is 0 Å². The molecule has 8 heteroatoms. The molecule has 0 aliphatic rings. The molecule has 1 N–H and O–H groups in total. The highest BCUT2D eigenvalue weighted by molar-refractivity contribution is 7.13. The van der Waals surface area contributed by atoms with Gasteiger partial charge in [0, 0.05) is 41.5 Å². The lowest BCUT2D eigenvalue weighted by molar-refractivity contribution is -0.121. The van der Waals surface area contributed by atoms with Crippen molar-refractivity contribution in [1.29, 1.82) is 0 Å². The van der Waals surface area contributed by atoms with Gasteiger partial charge in [0.1, 0.15) is 6.54 Å². The van der Waals surface area contributed by atoms with Gasteiger partial charge in [-0.15, -0.1) is 11.3 Å². The summed E-state index contributed by atoms with van der Waals surface area (Å²) in [6.45, 7) is 6.49. The molecule has 0 aromatic carbocycles. The Labute approximate surface area is 167 Å². The molecule has 1 amide bonds. The second-order valence-electron chi connectivity index (χ2n) is 6.83. The van der Waals surface area contributed by atoms with Crippen LogP contribution in [0.2, 0.25) is 0 Å². The van der Waals surface area contributed by atoms with E-state index in [-0.39, 0.29) is 12.5 Å². The number of rotatable bonds is 5. The lowest BCUT2D eigenvalue weighted by atomic mass is 10.1. The summed E-state index contributed by atoms with van der Waals surface area (Å²) in [6, 6.07) is 6.12. The highest BCUT2D eigenvalue weighted by Crippen LogP contribution is 2.32. The molecule has 0 spiro atoms. The van der Waals surface area contributed by atoms with E-state index < -0.39 is 0 Å². The molecule has 0 unspecified atom stereocenters. The number of nitrogens with zero attached hydrogens (tertiary/aromatic N) is 5. The zero-order chi connectivity index (χ0) is 19.8. The number of amides is 1. The van der Waals surface area contributed by atoms with Crippen molar-refractivity contribution < 1.29 is 4.79 Å². The lowest BCUT2D eigenvalue weighted by Crippen LogP contribution is -2.28. The molecular weight excluding hydrogens is 372 g/mol. The summed E-state index contributed by atoms with van der Waals surface area (Å²) < 4.78 is 3.51. The molecule has 4 rings (SSSR count). The molecule has 4 aromatic rings. The highest BCUT2D eigenvalue weighted by atomic mass is 32.1. The fourth-order valence-electron chi connectivity index (χ4n) is 3.48. The Balaban J connectivity index is 1.57. The third-order valence-electron chi connectivity index (χ3n) is 5.01. The van der Waals surface area contributed by atoms with Gasteiger partial charge in [-0.25, -0.2) is 9.67 Å². The maximum Gasteiger partial charge on any atom is 0.242 e. The van der Waals surface area contributed by atoms with Crippen LogP contribution in [0.25, 0.3) is 21.5 Å². The molecule has 0 atom stereocenters. The standard InChI is InChI=1S/C20H22N6OS/c1-12-16(14(3)25(4)23-12)10-22-18(27)11-26-20-19(13(2)24-26)15(7-8-21-20)17-6-5-9-28-17/h5-9H,10-11H2,1-4H3,(H,22,27). The Bertz CT molecular complexity index is 1160. The van der Waals surface area contributed by atoms with Crippen LogP contribution in [-0.4, -0.2) is 30.5 Å². The van der Waals surface area contributed by atoms with E-state index in [0.29, 0.717) is 6.54 Å². The number of pyridine rings is 1. The van der Waals surface area contributed by atoms with Gasteiger partial charge in [-0.3, -0.25) is 9.48 Å². The van der Waals surface area contributed by atoms with E-state index in [9.17, 15) is 4.79 Å². The second kappa shape index (κ2) is 7.20. The van der Waals surface area contributed by atoms with Crippen molar-refractivity contribution in [2.24, 2.45) is 7.05 Å². The van der Waals surface area contributed by atoms with Crippen molar-refractivity contribution in [3.05, 3.63) is 52.4 Å². The van der Waals surface area contributed by atoms with Crippen molar-refractivity contribution in [2.75, 3.05) is 0 Å².